The number of carbonyl (C=O) groups is 1. The molecule has 1 aromatic carbocycles. The van der Waals surface area contributed by atoms with E-state index >= 15 is 0 Å². The molecule has 0 amide bonds. The first-order valence-electron chi connectivity index (χ1n) is 8.22. The normalized spacial score (nSPS) is 14.6. The summed E-state index contributed by atoms with van der Waals surface area (Å²) >= 11 is 0. The monoisotopic (exact) mass is 317 g/mol. The van der Waals surface area contributed by atoms with Gasteiger partial charge < -0.3 is 5.32 Å². The van der Waals surface area contributed by atoms with Crippen LogP contribution in [0.4, 0.5) is 0 Å². The van der Waals surface area contributed by atoms with Crippen LogP contribution in [0.2, 0.25) is 0 Å². The molecule has 1 aliphatic rings. The second kappa shape index (κ2) is 6.06. The summed E-state index contributed by atoms with van der Waals surface area (Å²) in [5.74, 6) is -0.00751. The Morgan fingerprint density at radius 3 is 2.88 bits per heavy atom. The van der Waals surface area contributed by atoms with E-state index in [1.807, 2.05) is 49.5 Å². The molecule has 0 saturated heterocycles. The topological polar surface area (TPSA) is 46.9 Å². The van der Waals surface area contributed by atoms with E-state index in [0.717, 1.165) is 47.2 Å². The third kappa shape index (κ3) is 2.45. The molecule has 2 aromatic heterocycles. The fraction of sp³-hybridized carbons (Fsp3) is 0.200. The second-order valence-electron chi connectivity index (χ2n) is 6.09. The van der Waals surface area contributed by atoms with Crippen molar-refractivity contribution in [2.45, 2.75) is 13.3 Å². The molecule has 24 heavy (non-hydrogen) atoms. The van der Waals surface area contributed by atoms with E-state index in [4.69, 9.17) is 0 Å². The lowest BCUT2D eigenvalue weighted by Gasteiger charge is -2.12. The average molecular weight is 317 g/mol. The first-order valence-corrected chi connectivity index (χ1v) is 8.22. The second-order valence-corrected chi connectivity index (χ2v) is 6.09. The lowest BCUT2D eigenvalue weighted by molar-refractivity contribution is 0.0964. The predicted octanol–water partition coefficient (Wildman–Crippen LogP) is 3.41. The van der Waals surface area contributed by atoms with Crippen LogP contribution in [0, 0.1) is 6.92 Å². The van der Waals surface area contributed by atoms with Crippen molar-refractivity contribution < 1.29 is 4.79 Å². The van der Waals surface area contributed by atoms with E-state index in [9.17, 15) is 4.79 Å². The Morgan fingerprint density at radius 1 is 1.21 bits per heavy atom. The number of hydrogen-bond donors (Lipinski definition) is 1. The molecule has 4 nitrogen and oxygen atoms in total. The van der Waals surface area contributed by atoms with Gasteiger partial charge in [-0.15, -0.1) is 0 Å². The molecule has 4 heteroatoms. The van der Waals surface area contributed by atoms with E-state index < -0.39 is 0 Å². The van der Waals surface area contributed by atoms with Gasteiger partial charge in [0.1, 0.15) is 0 Å². The van der Waals surface area contributed by atoms with Gasteiger partial charge in [0, 0.05) is 30.1 Å². The van der Waals surface area contributed by atoms with Crippen molar-refractivity contribution in [3.05, 3.63) is 71.6 Å². The molecule has 0 atom stereocenters. The number of pyridine rings is 1. The summed E-state index contributed by atoms with van der Waals surface area (Å²) in [6.07, 6.45) is 6.88. The zero-order valence-electron chi connectivity index (χ0n) is 13.6. The Kier molecular flexibility index (Phi) is 3.75. The van der Waals surface area contributed by atoms with E-state index in [1.165, 1.54) is 5.57 Å². The molecule has 0 fully saturated rings. The van der Waals surface area contributed by atoms with Crippen LogP contribution in [-0.2, 0) is 0 Å². The fourth-order valence-electron chi connectivity index (χ4n) is 3.27. The maximum absolute atomic E-state index is 13.1. The number of fused-ring (bicyclic) bond motifs is 1. The molecule has 3 aromatic rings. The highest BCUT2D eigenvalue weighted by Crippen LogP contribution is 2.29. The minimum atomic E-state index is -0.00751. The van der Waals surface area contributed by atoms with Crippen LogP contribution in [0.25, 0.3) is 16.6 Å². The SMILES string of the molecule is Cc1ccccc1C(=O)n1cc(C2=CCNCC2)c2ncccc21. The summed E-state index contributed by atoms with van der Waals surface area (Å²) < 4.78 is 1.74. The van der Waals surface area contributed by atoms with Gasteiger partial charge in [0.25, 0.3) is 5.91 Å². The number of rotatable bonds is 2. The summed E-state index contributed by atoms with van der Waals surface area (Å²) in [5, 5.41) is 3.32. The van der Waals surface area contributed by atoms with Crippen LogP contribution >= 0.6 is 0 Å². The minimum absolute atomic E-state index is 0.00751. The smallest absolute Gasteiger partial charge is 0.262 e. The first-order chi connectivity index (χ1) is 11.8. The van der Waals surface area contributed by atoms with Gasteiger partial charge in [-0.25, -0.2) is 0 Å². The number of aromatic nitrogens is 2. The van der Waals surface area contributed by atoms with Crippen LogP contribution in [0.1, 0.15) is 27.9 Å². The summed E-state index contributed by atoms with van der Waals surface area (Å²) in [5.41, 5.74) is 5.79. The molecule has 4 rings (SSSR count). The molecule has 1 aliphatic heterocycles. The number of carbonyl (C=O) groups excluding carboxylic acids is 1. The van der Waals surface area contributed by atoms with Crippen LogP contribution in [0.5, 0.6) is 0 Å². The molecule has 0 radical (unpaired) electrons. The van der Waals surface area contributed by atoms with Gasteiger partial charge in [-0.05, 0) is 49.2 Å². The van der Waals surface area contributed by atoms with E-state index in [-0.39, 0.29) is 5.91 Å². The zero-order valence-corrected chi connectivity index (χ0v) is 13.6. The van der Waals surface area contributed by atoms with Gasteiger partial charge in [0.05, 0.1) is 11.0 Å². The molecular formula is C20H19N3O. The fourth-order valence-corrected chi connectivity index (χ4v) is 3.27. The quantitative estimate of drug-likeness (QED) is 0.788. The van der Waals surface area contributed by atoms with Crippen molar-refractivity contribution in [1.29, 1.82) is 0 Å². The molecule has 120 valence electrons. The highest BCUT2D eigenvalue weighted by atomic mass is 16.2. The van der Waals surface area contributed by atoms with Crippen LogP contribution in [0.3, 0.4) is 0 Å². The third-order valence-electron chi connectivity index (χ3n) is 4.56. The van der Waals surface area contributed by atoms with Crippen molar-refractivity contribution in [2.75, 3.05) is 13.1 Å². The van der Waals surface area contributed by atoms with E-state index in [2.05, 4.69) is 16.4 Å². The Bertz CT molecular complexity index is 952. The minimum Gasteiger partial charge on any atom is -0.313 e. The van der Waals surface area contributed by atoms with Gasteiger partial charge >= 0.3 is 0 Å². The molecule has 3 heterocycles. The summed E-state index contributed by atoms with van der Waals surface area (Å²) in [7, 11) is 0. The van der Waals surface area contributed by atoms with Gasteiger partial charge in [-0.2, -0.15) is 0 Å². The Hall–Kier alpha value is -2.72. The number of nitrogens with zero attached hydrogens (tertiary/aromatic N) is 2. The zero-order chi connectivity index (χ0) is 16.5. The van der Waals surface area contributed by atoms with Crippen molar-refractivity contribution in [3.63, 3.8) is 0 Å². The standard InChI is InChI=1S/C20H19N3O/c1-14-5-2-3-6-16(14)20(24)23-13-17(15-8-11-21-12-9-15)19-18(23)7-4-10-22-19/h2-8,10,13,21H,9,11-12H2,1H3. The maximum atomic E-state index is 13.1. The van der Waals surface area contributed by atoms with E-state index in [1.54, 1.807) is 10.8 Å². The van der Waals surface area contributed by atoms with Crippen LogP contribution in [-0.4, -0.2) is 28.5 Å². The van der Waals surface area contributed by atoms with Crippen molar-refractivity contribution in [1.82, 2.24) is 14.9 Å². The number of aryl methyl sites for hydroxylation is 1. The first kappa shape index (κ1) is 14.8. The molecule has 1 N–H and O–H groups in total. The lowest BCUT2D eigenvalue weighted by Crippen LogP contribution is -2.20. The summed E-state index contributed by atoms with van der Waals surface area (Å²) in [4.78, 5) is 17.6. The maximum Gasteiger partial charge on any atom is 0.262 e. The van der Waals surface area contributed by atoms with E-state index in [0.29, 0.717) is 0 Å². The molecule has 0 saturated carbocycles. The molecule has 0 unspecified atom stereocenters. The Morgan fingerprint density at radius 2 is 2.08 bits per heavy atom. The number of nitrogens with one attached hydrogen (secondary N) is 1. The molecule has 0 bridgehead atoms. The third-order valence-corrected chi connectivity index (χ3v) is 4.56. The Balaban J connectivity index is 1.89. The highest BCUT2D eigenvalue weighted by Gasteiger charge is 2.19. The van der Waals surface area contributed by atoms with Gasteiger partial charge in [-0.1, -0.05) is 24.3 Å². The van der Waals surface area contributed by atoms with Gasteiger partial charge in [-0.3, -0.25) is 14.3 Å². The number of hydrogen-bond acceptors (Lipinski definition) is 3. The highest BCUT2D eigenvalue weighted by molar-refractivity contribution is 6.04. The predicted molar refractivity (Wildman–Crippen MR) is 96.1 cm³/mol. The van der Waals surface area contributed by atoms with Crippen LogP contribution < -0.4 is 5.32 Å². The largest absolute Gasteiger partial charge is 0.313 e. The summed E-state index contributed by atoms with van der Waals surface area (Å²) in [6, 6.07) is 11.5. The van der Waals surface area contributed by atoms with Crippen molar-refractivity contribution in [3.8, 4) is 0 Å². The average Bonchev–Trinajstić information content (AvgIpc) is 3.02. The van der Waals surface area contributed by atoms with Gasteiger partial charge in [0.2, 0.25) is 0 Å². The number of benzene rings is 1. The lowest BCUT2D eigenvalue weighted by atomic mass is 10.0. The van der Waals surface area contributed by atoms with Crippen molar-refractivity contribution in [2.24, 2.45) is 0 Å². The molecule has 0 spiro atoms. The summed E-state index contributed by atoms with van der Waals surface area (Å²) in [6.45, 7) is 3.78. The van der Waals surface area contributed by atoms with Gasteiger partial charge in [0.15, 0.2) is 0 Å². The molecular weight excluding hydrogens is 298 g/mol. The Labute approximate surface area is 140 Å². The van der Waals surface area contributed by atoms with Crippen molar-refractivity contribution >= 4 is 22.5 Å². The molecule has 0 aliphatic carbocycles. The van der Waals surface area contributed by atoms with Crippen LogP contribution in [0.15, 0.2) is 54.9 Å².